The summed E-state index contributed by atoms with van der Waals surface area (Å²) in [7, 11) is 0. The molecule has 1 heterocycles. The van der Waals surface area contributed by atoms with E-state index in [-0.39, 0.29) is 5.41 Å². The molecule has 0 atom stereocenters. The SMILES string of the molecule is NCc1ccc(N2CCC3(CC2)CC(OC(F)(F)F)C3)cc1. The summed E-state index contributed by atoms with van der Waals surface area (Å²) in [6.07, 6.45) is -2.21. The number of rotatable bonds is 3. The van der Waals surface area contributed by atoms with Crippen molar-refractivity contribution in [2.24, 2.45) is 11.1 Å². The van der Waals surface area contributed by atoms with E-state index in [9.17, 15) is 13.2 Å². The van der Waals surface area contributed by atoms with Gasteiger partial charge in [-0.1, -0.05) is 12.1 Å². The van der Waals surface area contributed by atoms with Gasteiger partial charge in [0.15, 0.2) is 0 Å². The Morgan fingerprint density at radius 2 is 1.73 bits per heavy atom. The molecule has 1 saturated carbocycles. The summed E-state index contributed by atoms with van der Waals surface area (Å²) in [5, 5.41) is 0. The first-order valence-corrected chi connectivity index (χ1v) is 7.68. The molecular weight excluding hydrogens is 293 g/mol. The van der Waals surface area contributed by atoms with Crippen molar-refractivity contribution in [3.63, 3.8) is 0 Å². The Morgan fingerprint density at radius 3 is 2.23 bits per heavy atom. The number of benzene rings is 1. The van der Waals surface area contributed by atoms with Gasteiger partial charge in [-0.25, -0.2) is 0 Å². The number of ether oxygens (including phenoxy) is 1. The Morgan fingerprint density at radius 1 is 1.14 bits per heavy atom. The third-order valence-electron chi connectivity index (χ3n) is 4.98. The number of hydrogen-bond donors (Lipinski definition) is 1. The quantitative estimate of drug-likeness (QED) is 0.929. The molecule has 0 radical (unpaired) electrons. The summed E-state index contributed by atoms with van der Waals surface area (Å²) in [6.45, 7) is 2.31. The molecule has 1 spiro atoms. The largest absolute Gasteiger partial charge is 0.522 e. The molecule has 1 aliphatic carbocycles. The van der Waals surface area contributed by atoms with Gasteiger partial charge in [-0.3, -0.25) is 4.74 Å². The van der Waals surface area contributed by atoms with E-state index in [0.29, 0.717) is 19.4 Å². The van der Waals surface area contributed by atoms with Crippen molar-refractivity contribution in [1.82, 2.24) is 0 Å². The van der Waals surface area contributed by atoms with Gasteiger partial charge >= 0.3 is 6.36 Å². The summed E-state index contributed by atoms with van der Waals surface area (Å²) in [6, 6.07) is 8.18. The van der Waals surface area contributed by atoms with Crippen LogP contribution < -0.4 is 10.6 Å². The highest BCUT2D eigenvalue weighted by Gasteiger charge is 2.49. The van der Waals surface area contributed by atoms with Crippen LogP contribution in [0.3, 0.4) is 0 Å². The van der Waals surface area contributed by atoms with E-state index < -0.39 is 12.5 Å². The maximum absolute atomic E-state index is 12.2. The average Bonchev–Trinajstić information content (AvgIpc) is 2.45. The number of halogens is 3. The number of nitrogens with two attached hydrogens (primary N) is 1. The molecule has 1 aromatic rings. The summed E-state index contributed by atoms with van der Waals surface area (Å²) >= 11 is 0. The first-order valence-electron chi connectivity index (χ1n) is 7.68. The molecule has 2 N–H and O–H groups in total. The van der Waals surface area contributed by atoms with Gasteiger partial charge in [-0.2, -0.15) is 0 Å². The van der Waals surface area contributed by atoms with Crippen molar-refractivity contribution >= 4 is 5.69 Å². The first kappa shape index (κ1) is 15.6. The summed E-state index contributed by atoms with van der Waals surface area (Å²) in [5.74, 6) is 0. The zero-order valence-corrected chi connectivity index (χ0v) is 12.4. The lowest BCUT2D eigenvalue weighted by atomic mass is 9.61. The third-order valence-corrected chi connectivity index (χ3v) is 4.98. The summed E-state index contributed by atoms with van der Waals surface area (Å²) < 4.78 is 40.7. The van der Waals surface area contributed by atoms with Crippen LogP contribution in [0.25, 0.3) is 0 Å². The van der Waals surface area contributed by atoms with Gasteiger partial charge in [-0.05, 0) is 48.8 Å². The minimum atomic E-state index is -4.50. The van der Waals surface area contributed by atoms with Crippen molar-refractivity contribution in [1.29, 1.82) is 0 Å². The van der Waals surface area contributed by atoms with Crippen molar-refractivity contribution < 1.29 is 17.9 Å². The molecule has 2 aliphatic rings. The van der Waals surface area contributed by atoms with E-state index in [0.717, 1.165) is 37.2 Å². The van der Waals surface area contributed by atoms with Gasteiger partial charge in [0.25, 0.3) is 0 Å². The lowest BCUT2D eigenvalue weighted by Crippen LogP contribution is -2.51. The standard InChI is InChI=1S/C16H21F3N2O/c17-16(18,19)22-14-9-15(10-14)5-7-21(8-6-15)13-3-1-12(11-20)2-4-13/h1-4,14H,5-11,20H2. The van der Waals surface area contributed by atoms with Crippen LogP contribution >= 0.6 is 0 Å². The Balaban J connectivity index is 1.51. The molecule has 1 aromatic carbocycles. The predicted octanol–water partition coefficient (Wildman–Crippen LogP) is 3.43. The first-order chi connectivity index (χ1) is 10.4. The van der Waals surface area contributed by atoms with E-state index in [1.54, 1.807) is 0 Å². The van der Waals surface area contributed by atoms with E-state index in [1.807, 2.05) is 12.1 Å². The normalized spacial score (nSPS) is 21.9. The minimum absolute atomic E-state index is 0.0591. The summed E-state index contributed by atoms with van der Waals surface area (Å²) in [4.78, 5) is 2.30. The Kier molecular flexibility index (Phi) is 4.07. The van der Waals surface area contributed by atoms with Crippen LogP contribution in [-0.2, 0) is 11.3 Å². The highest BCUT2D eigenvalue weighted by atomic mass is 19.4. The van der Waals surface area contributed by atoms with E-state index in [4.69, 9.17) is 5.73 Å². The zero-order valence-electron chi connectivity index (χ0n) is 12.4. The fraction of sp³-hybridized carbons (Fsp3) is 0.625. The molecule has 3 nitrogen and oxygen atoms in total. The predicted molar refractivity (Wildman–Crippen MR) is 78.4 cm³/mol. The van der Waals surface area contributed by atoms with E-state index in [1.165, 1.54) is 0 Å². The van der Waals surface area contributed by atoms with Crippen molar-refractivity contribution in [3.8, 4) is 0 Å². The molecule has 2 fully saturated rings. The topological polar surface area (TPSA) is 38.5 Å². The fourth-order valence-corrected chi connectivity index (χ4v) is 3.67. The molecule has 122 valence electrons. The third kappa shape index (κ3) is 3.38. The molecule has 22 heavy (non-hydrogen) atoms. The van der Waals surface area contributed by atoms with Gasteiger partial charge in [0.05, 0.1) is 6.10 Å². The number of hydrogen-bond acceptors (Lipinski definition) is 3. The monoisotopic (exact) mass is 314 g/mol. The number of nitrogens with zero attached hydrogens (tertiary/aromatic N) is 1. The average molecular weight is 314 g/mol. The Bertz CT molecular complexity index is 499. The molecule has 6 heteroatoms. The van der Waals surface area contributed by atoms with Crippen LogP contribution in [0.1, 0.15) is 31.2 Å². The highest BCUT2D eigenvalue weighted by Crippen LogP contribution is 2.51. The van der Waals surface area contributed by atoms with Gasteiger partial charge in [0.1, 0.15) is 0 Å². The fourth-order valence-electron chi connectivity index (χ4n) is 3.67. The lowest BCUT2D eigenvalue weighted by molar-refractivity contribution is -0.360. The molecule has 0 bridgehead atoms. The second-order valence-electron chi connectivity index (χ2n) is 6.45. The van der Waals surface area contributed by atoms with Crippen molar-refractivity contribution in [3.05, 3.63) is 29.8 Å². The van der Waals surface area contributed by atoms with Crippen LogP contribution in [0.15, 0.2) is 24.3 Å². The van der Waals surface area contributed by atoms with Gasteiger partial charge in [0, 0.05) is 25.3 Å². The molecular formula is C16H21F3N2O. The van der Waals surface area contributed by atoms with Gasteiger partial charge in [0.2, 0.25) is 0 Å². The lowest BCUT2D eigenvalue weighted by Gasteiger charge is -2.52. The zero-order chi connectivity index (χ0) is 15.8. The number of alkyl halides is 3. The molecule has 3 rings (SSSR count). The second-order valence-corrected chi connectivity index (χ2v) is 6.45. The molecule has 0 amide bonds. The molecule has 1 saturated heterocycles. The van der Waals surface area contributed by atoms with E-state index >= 15 is 0 Å². The maximum Gasteiger partial charge on any atom is 0.522 e. The maximum atomic E-state index is 12.2. The number of anilines is 1. The van der Waals surface area contributed by atoms with Crippen LogP contribution in [0.5, 0.6) is 0 Å². The van der Waals surface area contributed by atoms with Crippen molar-refractivity contribution in [2.45, 2.75) is 44.7 Å². The van der Waals surface area contributed by atoms with Crippen LogP contribution in [0, 0.1) is 5.41 Å². The molecule has 1 aliphatic heterocycles. The van der Waals surface area contributed by atoms with Crippen LogP contribution in [-0.4, -0.2) is 25.6 Å². The van der Waals surface area contributed by atoms with Gasteiger partial charge in [-0.15, -0.1) is 13.2 Å². The summed E-state index contributed by atoms with van der Waals surface area (Å²) in [5.41, 5.74) is 7.91. The number of piperidine rings is 1. The molecule has 0 aromatic heterocycles. The van der Waals surface area contributed by atoms with Gasteiger partial charge < -0.3 is 10.6 Å². The Hall–Kier alpha value is -1.27. The van der Waals surface area contributed by atoms with Crippen LogP contribution in [0.4, 0.5) is 18.9 Å². The smallest absolute Gasteiger partial charge is 0.371 e. The highest BCUT2D eigenvalue weighted by molar-refractivity contribution is 5.48. The molecule has 0 unspecified atom stereocenters. The Labute approximate surface area is 128 Å². The van der Waals surface area contributed by atoms with Crippen LogP contribution in [0.2, 0.25) is 0 Å². The van der Waals surface area contributed by atoms with E-state index in [2.05, 4.69) is 21.8 Å². The van der Waals surface area contributed by atoms with Crippen molar-refractivity contribution in [2.75, 3.05) is 18.0 Å². The minimum Gasteiger partial charge on any atom is -0.371 e. The second kappa shape index (κ2) is 5.74.